The zero-order chi connectivity index (χ0) is 19.2. The third-order valence-electron chi connectivity index (χ3n) is 5.04. The van der Waals surface area contributed by atoms with E-state index in [1.54, 1.807) is 12.1 Å². The quantitative estimate of drug-likeness (QED) is 0.823. The lowest BCUT2D eigenvalue weighted by Crippen LogP contribution is -2.54. The summed E-state index contributed by atoms with van der Waals surface area (Å²) in [6.07, 6.45) is 0.696. The van der Waals surface area contributed by atoms with Crippen LogP contribution in [0, 0.1) is 5.82 Å². The number of nitrogens with one attached hydrogen (secondary N) is 1. The molecule has 1 amide bonds. The lowest BCUT2D eigenvalue weighted by atomic mass is 10.1. The van der Waals surface area contributed by atoms with E-state index in [0.717, 1.165) is 42.5 Å². The molecule has 1 atom stereocenters. The van der Waals surface area contributed by atoms with Gasteiger partial charge < -0.3 is 10.2 Å². The summed E-state index contributed by atoms with van der Waals surface area (Å²) in [5, 5.41) is 3.73. The molecule has 0 aliphatic carbocycles. The SMILES string of the molecule is C[C@H](C(=O)NCCc1ccc(F)cc1)N1CCN(c2cccc(Cl)c2)CC1. The van der Waals surface area contributed by atoms with Gasteiger partial charge in [0.05, 0.1) is 6.04 Å². The van der Waals surface area contributed by atoms with Gasteiger partial charge in [-0.05, 0) is 49.2 Å². The number of rotatable bonds is 6. The standard InChI is InChI=1S/C21H25ClFN3O/c1-16(21(27)24-10-9-17-5-7-19(23)8-6-17)25-11-13-26(14-12-25)20-4-2-3-18(22)15-20/h2-8,15-16H,9-14H2,1H3,(H,24,27)/t16-/m1/s1. The minimum Gasteiger partial charge on any atom is -0.369 e. The summed E-state index contributed by atoms with van der Waals surface area (Å²) < 4.78 is 12.9. The second-order valence-corrected chi connectivity index (χ2v) is 7.28. The van der Waals surface area contributed by atoms with Gasteiger partial charge in [-0.1, -0.05) is 29.8 Å². The first kappa shape index (κ1) is 19.6. The average Bonchev–Trinajstić information content (AvgIpc) is 2.69. The van der Waals surface area contributed by atoms with Gasteiger partial charge in [0.25, 0.3) is 0 Å². The molecule has 0 aromatic heterocycles. The number of benzene rings is 2. The molecule has 1 aliphatic rings. The van der Waals surface area contributed by atoms with E-state index in [4.69, 9.17) is 11.6 Å². The predicted octanol–water partition coefficient (Wildman–Crippen LogP) is 3.35. The lowest BCUT2D eigenvalue weighted by molar-refractivity contribution is -0.125. The number of carbonyl (C=O) groups excluding carboxylic acids is 1. The summed E-state index contributed by atoms with van der Waals surface area (Å²) in [6, 6.07) is 14.1. The van der Waals surface area contributed by atoms with Gasteiger partial charge in [0, 0.05) is 43.4 Å². The first-order chi connectivity index (χ1) is 13.0. The Bertz CT molecular complexity index is 760. The summed E-state index contributed by atoms with van der Waals surface area (Å²) in [7, 11) is 0. The van der Waals surface area contributed by atoms with E-state index in [1.165, 1.54) is 12.1 Å². The Morgan fingerprint density at radius 3 is 2.52 bits per heavy atom. The predicted molar refractivity (Wildman–Crippen MR) is 108 cm³/mol. The second kappa shape index (κ2) is 9.20. The number of piperazine rings is 1. The van der Waals surface area contributed by atoms with Gasteiger partial charge in [-0.25, -0.2) is 4.39 Å². The van der Waals surface area contributed by atoms with Gasteiger partial charge in [-0.2, -0.15) is 0 Å². The summed E-state index contributed by atoms with van der Waals surface area (Å²) in [5.41, 5.74) is 2.14. The smallest absolute Gasteiger partial charge is 0.237 e. The average molecular weight is 390 g/mol. The van der Waals surface area contributed by atoms with E-state index in [1.807, 2.05) is 25.1 Å². The van der Waals surface area contributed by atoms with Gasteiger partial charge in [0.15, 0.2) is 0 Å². The van der Waals surface area contributed by atoms with Gasteiger partial charge in [0.1, 0.15) is 5.82 Å². The van der Waals surface area contributed by atoms with Crippen LogP contribution in [0.3, 0.4) is 0 Å². The van der Waals surface area contributed by atoms with Crippen molar-refractivity contribution in [2.45, 2.75) is 19.4 Å². The second-order valence-electron chi connectivity index (χ2n) is 6.85. The van der Waals surface area contributed by atoms with Crippen molar-refractivity contribution >= 4 is 23.2 Å². The van der Waals surface area contributed by atoms with Crippen molar-refractivity contribution in [3.05, 3.63) is 64.9 Å². The molecule has 4 nitrogen and oxygen atoms in total. The minimum atomic E-state index is -0.242. The highest BCUT2D eigenvalue weighted by molar-refractivity contribution is 6.30. The summed E-state index contributed by atoms with van der Waals surface area (Å²) in [5.74, 6) is -0.207. The Morgan fingerprint density at radius 2 is 1.85 bits per heavy atom. The molecule has 2 aromatic carbocycles. The molecule has 1 aliphatic heterocycles. The van der Waals surface area contributed by atoms with Crippen LogP contribution in [0.15, 0.2) is 48.5 Å². The molecule has 1 N–H and O–H groups in total. The molecule has 3 rings (SSSR count). The van der Waals surface area contributed by atoms with Gasteiger partial charge in [-0.15, -0.1) is 0 Å². The Labute approximate surface area is 164 Å². The van der Waals surface area contributed by atoms with Crippen molar-refractivity contribution in [1.82, 2.24) is 10.2 Å². The number of carbonyl (C=O) groups is 1. The van der Waals surface area contributed by atoms with Crippen molar-refractivity contribution < 1.29 is 9.18 Å². The Kier molecular flexibility index (Phi) is 6.69. The van der Waals surface area contributed by atoms with Gasteiger partial charge in [-0.3, -0.25) is 9.69 Å². The van der Waals surface area contributed by atoms with E-state index < -0.39 is 0 Å². The third kappa shape index (κ3) is 5.44. The van der Waals surface area contributed by atoms with Crippen molar-refractivity contribution in [2.75, 3.05) is 37.6 Å². The van der Waals surface area contributed by atoms with E-state index in [-0.39, 0.29) is 17.8 Å². The number of anilines is 1. The summed E-state index contributed by atoms with van der Waals surface area (Å²) in [4.78, 5) is 16.9. The van der Waals surface area contributed by atoms with Crippen LogP contribution in [-0.4, -0.2) is 49.6 Å². The first-order valence-corrected chi connectivity index (χ1v) is 9.67. The molecule has 1 saturated heterocycles. The van der Waals surface area contributed by atoms with Crippen LogP contribution < -0.4 is 10.2 Å². The fourth-order valence-electron chi connectivity index (χ4n) is 3.33. The Hall–Kier alpha value is -2.11. The van der Waals surface area contributed by atoms with Crippen LogP contribution in [0.1, 0.15) is 12.5 Å². The van der Waals surface area contributed by atoms with E-state index >= 15 is 0 Å². The zero-order valence-electron chi connectivity index (χ0n) is 15.5. The van der Waals surface area contributed by atoms with Crippen molar-refractivity contribution in [3.63, 3.8) is 0 Å². The van der Waals surface area contributed by atoms with Crippen LogP contribution >= 0.6 is 11.6 Å². The summed E-state index contributed by atoms with van der Waals surface area (Å²) >= 11 is 6.08. The van der Waals surface area contributed by atoms with Crippen LogP contribution in [0.5, 0.6) is 0 Å². The Balaban J connectivity index is 1.43. The Morgan fingerprint density at radius 1 is 1.15 bits per heavy atom. The molecule has 27 heavy (non-hydrogen) atoms. The van der Waals surface area contributed by atoms with Gasteiger partial charge in [0.2, 0.25) is 5.91 Å². The fraction of sp³-hybridized carbons (Fsp3) is 0.381. The lowest BCUT2D eigenvalue weighted by Gasteiger charge is -2.38. The maximum atomic E-state index is 12.9. The molecule has 0 bridgehead atoms. The largest absolute Gasteiger partial charge is 0.369 e. The highest BCUT2D eigenvalue weighted by atomic mass is 35.5. The van der Waals surface area contributed by atoms with E-state index in [2.05, 4.69) is 21.2 Å². The molecule has 2 aromatic rings. The summed E-state index contributed by atoms with van der Waals surface area (Å²) in [6.45, 7) is 5.90. The molecule has 0 unspecified atom stereocenters. The molecule has 144 valence electrons. The highest BCUT2D eigenvalue weighted by Gasteiger charge is 2.25. The molecule has 6 heteroatoms. The molecule has 0 spiro atoms. The molecule has 1 heterocycles. The number of nitrogens with zero attached hydrogens (tertiary/aromatic N) is 2. The topological polar surface area (TPSA) is 35.6 Å². The normalized spacial score (nSPS) is 16.2. The molecule has 0 saturated carbocycles. The molecular weight excluding hydrogens is 365 g/mol. The van der Waals surface area contributed by atoms with Crippen molar-refractivity contribution in [2.24, 2.45) is 0 Å². The third-order valence-corrected chi connectivity index (χ3v) is 5.28. The maximum Gasteiger partial charge on any atom is 0.237 e. The fourth-order valence-corrected chi connectivity index (χ4v) is 3.52. The van der Waals surface area contributed by atoms with Crippen LogP contribution in [0.25, 0.3) is 0 Å². The first-order valence-electron chi connectivity index (χ1n) is 9.29. The maximum absolute atomic E-state index is 12.9. The van der Waals surface area contributed by atoms with E-state index in [9.17, 15) is 9.18 Å². The monoisotopic (exact) mass is 389 g/mol. The number of hydrogen-bond acceptors (Lipinski definition) is 3. The molecular formula is C21H25ClFN3O. The minimum absolute atomic E-state index is 0.0355. The number of halogens is 2. The molecule has 0 radical (unpaired) electrons. The zero-order valence-corrected chi connectivity index (χ0v) is 16.3. The molecule has 1 fully saturated rings. The highest BCUT2D eigenvalue weighted by Crippen LogP contribution is 2.21. The van der Waals surface area contributed by atoms with Crippen molar-refractivity contribution in [3.8, 4) is 0 Å². The number of amides is 1. The van der Waals surface area contributed by atoms with Gasteiger partial charge >= 0.3 is 0 Å². The van der Waals surface area contributed by atoms with Crippen molar-refractivity contribution in [1.29, 1.82) is 0 Å². The van der Waals surface area contributed by atoms with Crippen LogP contribution in [0.2, 0.25) is 5.02 Å². The number of hydrogen-bond donors (Lipinski definition) is 1. The van der Waals surface area contributed by atoms with E-state index in [0.29, 0.717) is 13.0 Å². The van der Waals surface area contributed by atoms with Crippen LogP contribution in [-0.2, 0) is 11.2 Å². The van der Waals surface area contributed by atoms with Crippen LogP contribution in [0.4, 0.5) is 10.1 Å².